The summed E-state index contributed by atoms with van der Waals surface area (Å²) in [5.74, 6) is 0.0839. The summed E-state index contributed by atoms with van der Waals surface area (Å²) < 4.78 is 0. The number of allylic oxidation sites excluding steroid dienone is 7. The summed E-state index contributed by atoms with van der Waals surface area (Å²) in [5.41, 5.74) is 0.722. The zero-order chi connectivity index (χ0) is 15.4. The summed E-state index contributed by atoms with van der Waals surface area (Å²) in [5, 5.41) is 0. The molecule has 0 N–H and O–H groups in total. The Hall–Kier alpha value is -1.63. The van der Waals surface area contributed by atoms with Gasteiger partial charge in [0, 0.05) is 5.57 Å². The fourth-order valence-electron chi connectivity index (χ4n) is 0.589. The SMILES string of the molecule is C=C/C=C\C(=C/C)C(C)=O.C=CC=C.CC.CC. The lowest BCUT2D eigenvalue weighted by Crippen LogP contribution is -1.91. The van der Waals surface area contributed by atoms with Crippen LogP contribution in [0.1, 0.15) is 41.5 Å². The second-order valence-electron chi connectivity index (χ2n) is 2.37. The molecule has 0 heterocycles. The fourth-order valence-corrected chi connectivity index (χ4v) is 0.589. The van der Waals surface area contributed by atoms with Gasteiger partial charge in [0.2, 0.25) is 0 Å². The van der Waals surface area contributed by atoms with E-state index in [1.54, 1.807) is 43.4 Å². The first kappa shape index (κ1) is 25.3. The Kier molecular flexibility index (Phi) is 41.4. The maximum atomic E-state index is 10.7. The molecule has 0 fully saturated rings. The molecular weight excluding hydrogens is 220 g/mol. The van der Waals surface area contributed by atoms with E-state index in [2.05, 4.69) is 19.7 Å². The van der Waals surface area contributed by atoms with Gasteiger partial charge in [-0.3, -0.25) is 4.79 Å². The number of Topliss-reactive ketones (excluding diaryl/α,β-unsaturated/α-hetero) is 1. The highest BCUT2D eigenvalue weighted by atomic mass is 16.1. The summed E-state index contributed by atoms with van der Waals surface area (Å²) in [6, 6.07) is 0. The number of hydrogen-bond acceptors (Lipinski definition) is 1. The highest BCUT2D eigenvalue weighted by molar-refractivity contribution is 5.95. The van der Waals surface area contributed by atoms with Crippen LogP contribution >= 0.6 is 0 Å². The predicted molar refractivity (Wildman–Crippen MR) is 86.9 cm³/mol. The van der Waals surface area contributed by atoms with Crippen molar-refractivity contribution in [2.24, 2.45) is 0 Å². The van der Waals surface area contributed by atoms with E-state index in [0.29, 0.717) is 0 Å². The van der Waals surface area contributed by atoms with Crippen LogP contribution < -0.4 is 0 Å². The molecule has 0 aliphatic rings. The third-order valence-electron chi connectivity index (χ3n) is 1.30. The molecule has 0 aliphatic heterocycles. The molecule has 0 aliphatic carbocycles. The lowest BCUT2D eigenvalue weighted by atomic mass is 10.1. The molecule has 0 unspecified atom stereocenters. The molecule has 0 saturated heterocycles. The Morgan fingerprint density at radius 3 is 1.44 bits per heavy atom. The number of hydrogen-bond donors (Lipinski definition) is 0. The van der Waals surface area contributed by atoms with E-state index in [1.807, 2.05) is 34.6 Å². The van der Waals surface area contributed by atoms with Crippen molar-refractivity contribution in [1.29, 1.82) is 0 Å². The number of carbonyl (C=O) groups excluding carboxylic acids is 1. The minimum Gasteiger partial charge on any atom is -0.295 e. The van der Waals surface area contributed by atoms with E-state index in [-0.39, 0.29) is 5.78 Å². The molecule has 0 radical (unpaired) electrons. The van der Waals surface area contributed by atoms with Crippen LogP contribution in [0.2, 0.25) is 0 Å². The molecule has 0 bridgehead atoms. The smallest absolute Gasteiger partial charge is 0.159 e. The maximum Gasteiger partial charge on any atom is 0.159 e. The van der Waals surface area contributed by atoms with Crippen molar-refractivity contribution in [1.82, 2.24) is 0 Å². The molecule has 0 aromatic heterocycles. The van der Waals surface area contributed by atoms with Gasteiger partial charge in [0.15, 0.2) is 5.78 Å². The van der Waals surface area contributed by atoms with Crippen molar-refractivity contribution in [3.05, 3.63) is 61.8 Å². The second kappa shape index (κ2) is 29.5. The van der Waals surface area contributed by atoms with Crippen LogP contribution in [-0.2, 0) is 4.79 Å². The minimum atomic E-state index is 0.0839. The first-order chi connectivity index (χ1) is 8.63. The second-order valence-corrected chi connectivity index (χ2v) is 2.37. The molecule has 0 amide bonds. The molecule has 0 saturated carbocycles. The van der Waals surface area contributed by atoms with E-state index < -0.39 is 0 Å². The molecule has 1 heteroatoms. The summed E-state index contributed by atoms with van der Waals surface area (Å²) in [6.07, 6.45) is 10.2. The van der Waals surface area contributed by atoms with Crippen molar-refractivity contribution in [3.8, 4) is 0 Å². The van der Waals surface area contributed by atoms with Gasteiger partial charge >= 0.3 is 0 Å². The third-order valence-corrected chi connectivity index (χ3v) is 1.30. The summed E-state index contributed by atoms with van der Waals surface area (Å²) >= 11 is 0. The van der Waals surface area contributed by atoms with Crippen molar-refractivity contribution >= 4 is 5.78 Å². The Bertz CT molecular complexity index is 249. The van der Waals surface area contributed by atoms with Gasteiger partial charge in [0.1, 0.15) is 0 Å². The van der Waals surface area contributed by atoms with Gasteiger partial charge < -0.3 is 0 Å². The molecule has 1 nitrogen and oxygen atoms in total. The van der Waals surface area contributed by atoms with Crippen molar-refractivity contribution in [2.75, 3.05) is 0 Å². The normalized spacial score (nSPS) is 8.44. The number of rotatable bonds is 4. The Labute approximate surface area is 114 Å². The standard InChI is InChI=1S/C9H12O.C4H6.2C2H6/c1-4-6-7-9(5-2)8(3)10;1-3-4-2;2*1-2/h4-7H,1H2,2-3H3;3-4H,1-2H2;2*1-2H3/b7-6-,9-5+;;;. The van der Waals surface area contributed by atoms with E-state index in [0.717, 1.165) is 5.57 Å². The topological polar surface area (TPSA) is 17.1 Å². The van der Waals surface area contributed by atoms with Gasteiger partial charge in [-0.05, 0) is 13.8 Å². The van der Waals surface area contributed by atoms with Crippen molar-refractivity contribution in [3.63, 3.8) is 0 Å². The minimum absolute atomic E-state index is 0.0839. The van der Waals surface area contributed by atoms with E-state index in [1.165, 1.54) is 0 Å². The first-order valence-corrected chi connectivity index (χ1v) is 6.33. The molecule has 0 atom stereocenters. The van der Waals surface area contributed by atoms with Gasteiger partial charge in [0.25, 0.3) is 0 Å². The van der Waals surface area contributed by atoms with Gasteiger partial charge in [-0.2, -0.15) is 0 Å². The Morgan fingerprint density at radius 2 is 1.28 bits per heavy atom. The molecule has 18 heavy (non-hydrogen) atoms. The van der Waals surface area contributed by atoms with Crippen molar-refractivity contribution < 1.29 is 4.79 Å². The molecule has 0 aromatic rings. The van der Waals surface area contributed by atoms with Crippen LogP contribution in [0.15, 0.2) is 61.8 Å². The number of carbonyl (C=O) groups is 1. The largest absolute Gasteiger partial charge is 0.295 e. The summed E-state index contributed by atoms with van der Waals surface area (Å²) in [4.78, 5) is 10.7. The van der Waals surface area contributed by atoms with Crippen LogP contribution in [0.4, 0.5) is 0 Å². The Morgan fingerprint density at radius 1 is 0.889 bits per heavy atom. The third kappa shape index (κ3) is 29.3. The average Bonchev–Trinajstić information content (AvgIpc) is 2.44. The first-order valence-electron chi connectivity index (χ1n) is 6.33. The molecular formula is C17H30O. The summed E-state index contributed by atoms with van der Waals surface area (Å²) in [7, 11) is 0. The van der Waals surface area contributed by atoms with Gasteiger partial charge in [0.05, 0.1) is 0 Å². The van der Waals surface area contributed by atoms with Crippen LogP contribution in [0, 0.1) is 0 Å². The molecule has 104 valence electrons. The van der Waals surface area contributed by atoms with Gasteiger partial charge in [-0.25, -0.2) is 0 Å². The molecule has 0 rings (SSSR count). The average molecular weight is 250 g/mol. The predicted octanol–water partition coefficient (Wildman–Crippen LogP) is 5.67. The van der Waals surface area contributed by atoms with E-state index in [9.17, 15) is 4.79 Å². The monoisotopic (exact) mass is 250 g/mol. The Balaban J connectivity index is -0.000000102. The molecule has 0 spiro atoms. The van der Waals surface area contributed by atoms with Gasteiger partial charge in [-0.1, -0.05) is 83.9 Å². The van der Waals surface area contributed by atoms with Gasteiger partial charge in [-0.15, -0.1) is 0 Å². The quantitative estimate of drug-likeness (QED) is 0.464. The highest BCUT2D eigenvalue weighted by Gasteiger charge is 1.93. The number of ketones is 1. The van der Waals surface area contributed by atoms with E-state index in [4.69, 9.17) is 0 Å². The summed E-state index contributed by atoms with van der Waals surface area (Å²) in [6.45, 7) is 21.6. The van der Waals surface area contributed by atoms with Crippen LogP contribution in [0.3, 0.4) is 0 Å². The van der Waals surface area contributed by atoms with E-state index >= 15 is 0 Å². The van der Waals surface area contributed by atoms with Crippen LogP contribution in [0.5, 0.6) is 0 Å². The van der Waals surface area contributed by atoms with Crippen molar-refractivity contribution in [2.45, 2.75) is 41.5 Å². The lowest BCUT2D eigenvalue weighted by Gasteiger charge is -1.90. The highest BCUT2D eigenvalue weighted by Crippen LogP contribution is 1.97. The zero-order valence-electron chi connectivity index (χ0n) is 13.0. The maximum absolute atomic E-state index is 10.7. The zero-order valence-corrected chi connectivity index (χ0v) is 13.0. The van der Waals surface area contributed by atoms with Crippen LogP contribution in [-0.4, -0.2) is 5.78 Å². The molecule has 0 aromatic carbocycles. The van der Waals surface area contributed by atoms with Crippen LogP contribution in [0.25, 0.3) is 0 Å². The fraction of sp³-hybridized carbons (Fsp3) is 0.353. The lowest BCUT2D eigenvalue weighted by molar-refractivity contribution is -0.113.